The molecule has 0 N–H and O–H groups in total. The molecule has 1 aromatic rings. The lowest BCUT2D eigenvalue weighted by molar-refractivity contribution is -0.384. The van der Waals surface area contributed by atoms with E-state index in [1.807, 2.05) is 6.26 Å². The maximum absolute atomic E-state index is 12.5. The standard InChI is InChI=1S/C16H16N2O5S2/c1-24-7-6-12-15(17-13(19)8-14(17)25-12)16(20)23-9-10-2-4-11(5-3-10)18(21)22/h2-5,14H,6-9H2,1H3. The molecule has 25 heavy (non-hydrogen) atoms. The molecule has 0 aliphatic carbocycles. The number of thioether (sulfide) groups is 2. The Bertz CT molecular complexity index is 747. The van der Waals surface area contributed by atoms with Crippen molar-refractivity contribution in [3.8, 4) is 0 Å². The monoisotopic (exact) mass is 380 g/mol. The highest BCUT2D eigenvalue weighted by Crippen LogP contribution is 2.47. The fraction of sp³-hybridized carbons (Fsp3) is 0.375. The number of esters is 1. The average molecular weight is 380 g/mol. The molecular weight excluding hydrogens is 364 g/mol. The summed E-state index contributed by atoms with van der Waals surface area (Å²) in [4.78, 5) is 36.9. The molecular formula is C16H16N2O5S2. The Morgan fingerprint density at radius 1 is 1.44 bits per heavy atom. The van der Waals surface area contributed by atoms with E-state index in [0.717, 1.165) is 17.1 Å². The number of ether oxygens (including phenoxy) is 1. The van der Waals surface area contributed by atoms with Crippen LogP contribution < -0.4 is 0 Å². The van der Waals surface area contributed by atoms with Crippen LogP contribution in [0.25, 0.3) is 0 Å². The van der Waals surface area contributed by atoms with Crippen molar-refractivity contribution in [2.45, 2.75) is 24.8 Å². The first-order valence-electron chi connectivity index (χ1n) is 7.62. The fourth-order valence-corrected chi connectivity index (χ4v) is 4.55. The largest absolute Gasteiger partial charge is 0.456 e. The van der Waals surface area contributed by atoms with Crippen LogP contribution in [0.2, 0.25) is 0 Å². The first kappa shape index (κ1) is 17.8. The van der Waals surface area contributed by atoms with Crippen molar-refractivity contribution in [3.05, 3.63) is 50.5 Å². The molecule has 2 aliphatic heterocycles. The van der Waals surface area contributed by atoms with Gasteiger partial charge in [0.05, 0.1) is 16.7 Å². The number of β-lactam (4-membered cyclic amide) rings is 1. The fourth-order valence-electron chi connectivity index (χ4n) is 2.62. The molecule has 2 aliphatic rings. The lowest BCUT2D eigenvalue weighted by atomic mass is 10.1. The van der Waals surface area contributed by atoms with Gasteiger partial charge in [-0.3, -0.25) is 19.8 Å². The molecule has 0 saturated carbocycles. The quantitative estimate of drug-likeness (QED) is 0.311. The normalized spacial score (nSPS) is 18.8. The minimum Gasteiger partial charge on any atom is -0.456 e. The van der Waals surface area contributed by atoms with Crippen LogP contribution in [-0.2, 0) is 20.9 Å². The van der Waals surface area contributed by atoms with Crippen LogP contribution in [0, 0.1) is 10.1 Å². The van der Waals surface area contributed by atoms with Crippen LogP contribution in [0.3, 0.4) is 0 Å². The minimum absolute atomic E-state index is 0.00744. The maximum atomic E-state index is 12.5. The highest BCUT2D eigenvalue weighted by Gasteiger charge is 2.48. The van der Waals surface area contributed by atoms with Gasteiger partial charge < -0.3 is 4.74 Å². The molecule has 1 aromatic carbocycles. The number of non-ortho nitro benzene ring substituents is 1. The number of fused-ring (bicyclic) bond motifs is 1. The van der Waals surface area contributed by atoms with Crippen molar-refractivity contribution in [2.24, 2.45) is 0 Å². The van der Waals surface area contributed by atoms with Crippen LogP contribution in [-0.4, -0.2) is 39.1 Å². The van der Waals surface area contributed by atoms with Gasteiger partial charge in [0, 0.05) is 17.0 Å². The highest BCUT2D eigenvalue weighted by molar-refractivity contribution is 8.04. The molecule has 0 bridgehead atoms. The van der Waals surface area contributed by atoms with Gasteiger partial charge in [-0.15, -0.1) is 11.8 Å². The number of hydrogen-bond acceptors (Lipinski definition) is 7. The summed E-state index contributed by atoms with van der Waals surface area (Å²) < 4.78 is 5.34. The van der Waals surface area contributed by atoms with Crippen LogP contribution in [0.4, 0.5) is 5.69 Å². The van der Waals surface area contributed by atoms with Crippen molar-refractivity contribution >= 4 is 41.1 Å². The van der Waals surface area contributed by atoms with Gasteiger partial charge in [0.15, 0.2) is 0 Å². The number of rotatable bonds is 7. The molecule has 9 heteroatoms. The van der Waals surface area contributed by atoms with E-state index >= 15 is 0 Å². The Morgan fingerprint density at radius 3 is 2.76 bits per heavy atom. The number of carbonyl (C=O) groups is 2. The van der Waals surface area contributed by atoms with Crippen LogP contribution >= 0.6 is 23.5 Å². The SMILES string of the molecule is CSCCC1=C(C(=O)OCc2ccc([N+](=O)[O-])cc2)N2C(=O)CC2S1. The summed E-state index contributed by atoms with van der Waals surface area (Å²) >= 11 is 3.24. The summed E-state index contributed by atoms with van der Waals surface area (Å²) in [5.41, 5.74) is 1.00. The average Bonchev–Trinajstić information content (AvgIpc) is 2.90. The Kier molecular flexibility index (Phi) is 5.33. The van der Waals surface area contributed by atoms with Gasteiger partial charge >= 0.3 is 5.97 Å². The molecule has 1 unspecified atom stereocenters. The number of benzene rings is 1. The first-order valence-corrected chi connectivity index (χ1v) is 9.90. The maximum Gasteiger partial charge on any atom is 0.356 e. The van der Waals surface area contributed by atoms with Crippen molar-refractivity contribution in [2.75, 3.05) is 12.0 Å². The molecule has 7 nitrogen and oxygen atoms in total. The summed E-state index contributed by atoms with van der Waals surface area (Å²) in [7, 11) is 0. The highest BCUT2D eigenvalue weighted by atomic mass is 32.2. The predicted molar refractivity (Wildman–Crippen MR) is 95.8 cm³/mol. The van der Waals surface area contributed by atoms with Gasteiger partial charge in [-0.05, 0) is 36.1 Å². The topological polar surface area (TPSA) is 89.8 Å². The Labute approximate surface area is 152 Å². The summed E-state index contributed by atoms with van der Waals surface area (Å²) in [5, 5.41) is 10.7. The third-order valence-electron chi connectivity index (χ3n) is 3.93. The van der Waals surface area contributed by atoms with E-state index in [4.69, 9.17) is 4.74 Å². The molecule has 0 radical (unpaired) electrons. The van der Waals surface area contributed by atoms with Crippen molar-refractivity contribution in [3.63, 3.8) is 0 Å². The molecule has 1 fully saturated rings. The molecule has 1 amide bonds. The molecule has 0 aromatic heterocycles. The smallest absolute Gasteiger partial charge is 0.356 e. The molecule has 1 atom stereocenters. The number of hydrogen-bond donors (Lipinski definition) is 0. The summed E-state index contributed by atoms with van der Waals surface area (Å²) in [5.74, 6) is 0.299. The van der Waals surface area contributed by atoms with Gasteiger partial charge in [-0.25, -0.2) is 4.79 Å². The Morgan fingerprint density at radius 2 is 2.16 bits per heavy atom. The van der Waals surface area contributed by atoms with E-state index in [2.05, 4.69) is 0 Å². The minimum atomic E-state index is -0.516. The predicted octanol–water partition coefficient (Wildman–Crippen LogP) is 2.91. The Hall–Kier alpha value is -2.00. The van der Waals surface area contributed by atoms with Gasteiger partial charge in [0.25, 0.3) is 5.69 Å². The zero-order chi connectivity index (χ0) is 18.0. The second-order valence-electron chi connectivity index (χ2n) is 5.55. The lowest BCUT2D eigenvalue weighted by Crippen LogP contribution is -2.48. The van der Waals surface area contributed by atoms with Gasteiger partial charge in [-0.1, -0.05) is 0 Å². The summed E-state index contributed by atoms with van der Waals surface area (Å²) in [6.45, 7) is 0.00744. The molecule has 2 heterocycles. The second-order valence-corrected chi connectivity index (χ2v) is 7.81. The zero-order valence-corrected chi connectivity index (χ0v) is 15.1. The Balaban J connectivity index is 1.67. The molecule has 3 rings (SSSR count). The van der Waals surface area contributed by atoms with Gasteiger partial charge in [-0.2, -0.15) is 11.8 Å². The number of nitro groups is 1. The number of carbonyl (C=O) groups excluding carboxylic acids is 2. The van der Waals surface area contributed by atoms with Crippen LogP contribution in [0.5, 0.6) is 0 Å². The number of amides is 1. The molecule has 1 saturated heterocycles. The van der Waals surface area contributed by atoms with E-state index in [1.54, 1.807) is 35.7 Å². The van der Waals surface area contributed by atoms with E-state index in [-0.39, 0.29) is 23.6 Å². The van der Waals surface area contributed by atoms with Crippen LogP contribution in [0.1, 0.15) is 18.4 Å². The lowest BCUT2D eigenvalue weighted by Gasteiger charge is -2.34. The molecule has 132 valence electrons. The summed E-state index contributed by atoms with van der Waals surface area (Å²) in [6, 6.07) is 5.84. The second kappa shape index (κ2) is 7.49. The van der Waals surface area contributed by atoms with Gasteiger partial charge in [0.1, 0.15) is 12.3 Å². The van der Waals surface area contributed by atoms with Crippen molar-refractivity contribution < 1.29 is 19.2 Å². The third-order valence-corrected chi connectivity index (χ3v) is 5.88. The van der Waals surface area contributed by atoms with E-state index < -0.39 is 10.9 Å². The van der Waals surface area contributed by atoms with E-state index in [1.165, 1.54) is 17.0 Å². The van der Waals surface area contributed by atoms with Gasteiger partial charge in [0.2, 0.25) is 5.91 Å². The van der Waals surface area contributed by atoms with Crippen molar-refractivity contribution in [1.29, 1.82) is 0 Å². The summed E-state index contributed by atoms with van der Waals surface area (Å²) in [6.07, 6.45) is 3.17. The number of nitrogens with zero attached hydrogens (tertiary/aromatic N) is 2. The van der Waals surface area contributed by atoms with Crippen LogP contribution in [0.15, 0.2) is 34.9 Å². The number of allylic oxidation sites excluding steroid dienone is 1. The van der Waals surface area contributed by atoms with E-state index in [0.29, 0.717) is 17.7 Å². The zero-order valence-electron chi connectivity index (χ0n) is 13.5. The number of nitro benzene ring substituents is 1. The van der Waals surface area contributed by atoms with E-state index in [9.17, 15) is 19.7 Å². The molecule has 0 spiro atoms. The van der Waals surface area contributed by atoms with Crippen molar-refractivity contribution in [1.82, 2.24) is 4.90 Å². The first-order chi connectivity index (χ1) is 12.0. The third kappa shape index (κ3) is 3.67.